The van der Waals surface area contributed by atoms with Crippen LogP contribution in [0.2, 0.25) is 0 Å². The van der Waals surface area contributed by atoms with Crippen LogP contribution in [0.5, 0.6) is 0 Å². The third-order valence-electron chi connectivity index (χ3n) is 3.02. The average Bonchev–Trinajstić information content (AvgIpc) is 2.35. The molecule has 1 atom stereocenters. The van der Waals surface area contributed by atoms with E-state index in [2.05, 4.69) is 13.8 Å². The molecule has 0 fully saturated rings. The van der Waals surface area contributed by atoms with Gasteiger partial charge in [-0.1, -0.05) is 32.0 Å². The maximum atomic E-state index is 13.6. The van der Waals surface area contributed by atoms with E-state index in [0.717, 1.165) is 13.0 Å². The second-order valence-electron chi connectivity index (χ2n) is 4.98. The molecule has 1 aromatic carbocycles. The number of aliphatic hydroxyl groups is 1. The van der Waals surface area contributed by atoms with Gasteiger partial charge in [0.25, 0.3) is 0 Å². The topological polar surface area (TPSA) is 29.5 Å². The highest BCUT2D eigenvalue weighted by Crippen LogP contribution is 2.22. The van der Waals surface area contributed by atoms with Crippen molar-refractivity contribution in [2.75, 3.05) is 19.8 Å². The zero-order valence-electron chi connectivity index (χ0n) is 11.2. The van der Waals surface area contributed by atoms with E-state index in [-0.39, 0.29) is 18.3 Å². The Hall–Kier alpha value is -0.930. The Morgan fingerprint density at radius 3 is 2.44 bits per heavy atom. The van der Waals surface area contributed by atoms with Crippen LogP contribution in [0.25, 0.3) is 0 Å². The second-order valence-corrected chi connectivity index (χ2v) is 4.98. The Morgan fingerprint density at radius 1 is 1.17 bits per heavy atom. The molecule has 102 valence electrons. The minimum absolute atomic E-state index is 0.0471. The van der Waals surface area contributed by atoms with Crippen molar-refractivity contribution in [2.45, 2.75) is 32.6 Å². The maximum absolute atomic E-state index is 13.6. The molecule has 1 N–H and O–H groups in total. The van der Waals surface area contributed by atoms with Gasteiger partial charge in [0.2, 0.25) is 0 Å². The minimum Gasteiger partial charge on any atom is -0.396 e. The molecule has 0 saturated carbocycles. The predicted molar refractivity (Wildman–Crippen MR) is 71.1 cm³/mol. The third kappa shape index (κ3) is 5.15. The molecule has 0 aliphatic heterocycles. The van der Waals surface area contributed by atoms with Crippen LogP contribution in [0.15, 0.2) is 24.3 Å². The largest absolute Gasteiger partial charge is 0.396 e. The van der Waals surface area contributed by atoms with Gasteiger partial charge in [0, 0.05) is 19.1 Å². The van der Waals surface area contributed by atoms with E-state index in [1.54, 1.807) is 18.2 Å². The molecule has 3 heteroatoms. The number of hydrogen-bond donors (Lipinski definition) is 1. The summed E-state index contributed by atoms with van der Waals surface area (Å²) in [5.41, 5.74) is 0.576. The first-order valence-corrected chi connectivity index (χ1v) is 6.58. The fourth-order valence-corrected chi connectivity index (χ4v) is 1.80. The Bertz CT molecular complexity index is 339. The van der Waals surface area contributed by atoms with Crippen molar-refractivity contribution in [3.8, 4) is 0 Å². The predicted octanol–water partition coefficient (Wildman–Crippen LogP) is 3.35. The summed E-state index contributed by atoms with van der Waals surface area (Å²) < 4.78 is 19.1. The van der Waals surface area contributed by atoms with Gasteiger partial charge in [-0.3, -0.25) is 0 Å². The molecule has 0 heterocycles. The lowest BCUT2D eigenvalue weighted by Crippen LogP contribution is -2.10. The third-order valence-corrected chi connectivity index (χ3v) is 3.02. The summed E-state index contributed by atoms with van der Waals surface area (Å²) in [5.74, 6) is 0.203. The van der Waals surface area contributed by atoms with Crippen LogP contribution in [-0.2, 0) is 4.74 Å². The van der Waals surface area contributed by atoms with Crippen molar-refractivity contribution in [1.29, 1.82) is 0 Å². The molecule has 2 nitrogen and oxygen atoms in total. The summed E-state index contributed by atoms with van der Waals surface area (Å²) in [6.45, 7) is 5.55. The molecule has 1 unspecified atom stereocenters. The number of benzene rings is 1. The summed E-state index contributed by atoms with van der Waals surface area (Å²) >= 11 is 0. The van der Waals surface area contributed by atoms with Crippen LogP contribution in [0.4, 0.5) is 4.39 Å². The van der Waals surface area contributed by atoms with E-state index in [1.165, 1.54) is 6.07 Å². The van der Waals surface area contributed by atoms with Crippen LogP contribution < -0.4 is 0 Å². The highest BCUT2D eigenvalue weighted by molar-refractivity contribution is 5.21. The van der Waals surface area contributed by atoms with Crippen molar-refractivity contribution >= 4 is 0 Å². The molecule has 1 aromatic rings. The van der Waals surface area contributed by atoms with Crippen LogP contribution in [0.3, 0.4) is 0 Å². The molecular formula is C15H23FO2. The fourth-order valence-electron chi connectivity index (χ4n) is 1.80. The Labute approximate surface area is 109 Å². The summed E-state index contributed by atoms with van der Waals surface area (Å²) in [6.07, 6.45) is 1.68. The van der Waals surface area contributed by atoms with Crippen molar-refractivity contribution < 1.29 is 14.2 Å². The molecular weight excluding hydrogens is 231 g/mol. The number of aliphatic hydroxyl groups excluding tert-OH is 1. The highest BCUT2D eigenvalue weighted by Gasteiger charge is 2.14. The number of rotatable bonds is 8. The lowest BCUT2D eigenvalue weighted by Gasteiger charge is -2.15. The van der Waals surface area contributed by atoms with Gasteiger partial charge in [-0.25, -0.2) is 4.39 Å². The molecule has 0 radical (unpaired) electrons. The molecule has 0 spiro atoms. The molecule has 0 aliphatic carbocycles. The van der Waals surface area contributed by atoms with Gasteiger partial charge < -0.3 is 9.84 Å². The monoisotopic (exact) mass is 254 g/mol. The van der Waals surface area contributed by atoms with Gasteiger partial charge in [-0.05, 0) is 30.4 Å². The van der Waals surface area contributed by atoms with Crippen molar-refractivity contribution in [2.24, 2.45) is 5.92 Å². The standard InChI is InChI=1S/C15H23FO2/c1-12(2)7-9-18-10-8-13(11-17)14-5-3-4-6-15(14)16/h3-6,12-13,17H,7-11H2,1-2H3. The molecule has 0 aromatic heterocycles. The van der Waals surface area contributed by atoms with Crippen LogP contribution in [0, 0.1) is 11.7 Å². The average molecular weight is 254 g/mol. The molecule has 0 amide bonds. The molecule has 0 saturated heterocycles. The van der Waals surface area contributed by atoms with Gasteiger partial charge >= 0.3 is 0 Å². The van der Waals surface area contributed by atoms with E-state index in [1.807, 2.05) is 0 Å². The molecule has 0 bridgehead atoms. The van der Waals surface area contributed by atoms with E-state index in [9.17, 15) is 9.50 Å². The number of halogens is 1. The smallest absolute Gasteiger partial charge is 0.126 e. The SMILES string of the molecule is CC(C)CCOCCC(CO)c1ccccc1F. The summed E-state index contributed by atoms with van der Waals surface area (Å²) in [4.78, 5) is 0. The van der Waals surface area contributed by atoms with Gasteiger partial charge in [0.05, 0.1) is 6.61 Å². The lowest BCUT2D eigenvalue weighted by molar-refractivity contribution is 0.109. The quantitative estimate of drug-likeness (QED) is 0.721. The maximum Gasteiger partial charge on any atom is 0.126 e. The van der Waals surface area contributed by atoms with Crippen LogP contribution in [-0.4, -0.2) is 24.9 Å². The fraction of sp³-hybridized carbons (Fsp3) is 0.600. The Morgan fingerprint density at radius 2 is 1.83 bits per heavy atom. The zero-order valence-corrected chi connectivity index (χ0v) is 11.2. The number of hydrogen-bond acceptors (Lipinski definition) is 2. The first kappa shape index (κ1) is 15.1. The lowest BCUT2D eigenvalue weighted by atomic mass is 9.96. The van der Waals surface area contributed by atoms with Crippen LogP contribution >= 0.6 is 0 Å². The normalized spacial score (nSPS) is 12.9. The van der Waals surface area contributed by atoms with Gasteiger partial charge in [0.15, 0.2) is 0 Å². The minimum atomic E-state index is -0.251. The van der Waals surface area contributed by atoms with Gasteiger partial charge in [0.1, 0.15) is 5.82 Å². The highest BCUT2D eigenvalue weighted by atomic mass is 19.1. The molecule has 18 heavy (non-hydrogen) atoms. The van der Waals surface area contributed by atoms with E-state index >= 15 is 0 Å². The Kier molecular flexibility index (Phi) is 6.91. The Balaban J connectivity index is 2.36. The first-order valence-electron chi connectivity index (χ1n) is 6.58. The van der Waals surface area contributed by atoms with Gasteiger partial charge in [-0.15, -0.1) is 0 Å². The van der Waals surface area contributed by atoms with E-state index in [0.29, 0.717) is 24.5 Å². The molecule has 1 rings (SSSR count). The summed E-state index contributed by atoms with van der Waals surface area (Å²) in [7, 11) is 0. The van der Waals surface area contributed by atoms with Crippen molar-refractivity contribution in [3.05, 3.63) is 35.6 Å². The summed E-state index contributed by atoms with van der Waals surface area (Å²) in [6, 6.07) is 6.61. The number of ether oxygens (including phenoxy) is 1. The van der Waals surface area contributed by atoms with Gasteiger partial charge in [-0.2, -0.15) is 0 Å². The van der Waals surface area contributed by atoms with Crippen molar-refractivity contribution in [1.82, 2.24) is 0 Å². The zero-order chi connectivity index (χ0) is 13.4. The van der Waals surface area contributed by atoms with Crippen LogP contribution in [0.1, 0.15) is 38.2 Å². The molecule has 0 aliphatic rings. The van der Waals surface area contributed by atoms with Crippen molar-refractivity contribution in [3.63, 3.8) is 0 Å². The summed E-state index contributed by atoms with van der Waals surface area (Å²) in [5, 5.41) is 9.33. The van der Waals surface area contributed by atoms with E-state index < -0.39 is 0 Å². The van der Waals surface area contributed by atoms with E-state index in [4.69, 9.17) is 4.74 Å². The first-order chi connectivity index (χ1) is 8.65. The second kappa shape index (κ2) is 8.22.